The van der Waals surface area contributed by atoms with Gasteiger partial charge >= 0.3 is 0 Å². The molecule has 0 amide bonds. The van der Waals surface area contributed by atoms with Crippen molar-refractivity contribution in [3.8, 4) is 0 Å². The quantitative estimate of drug-likeness (QED) is 0.838. The number of benzene rings is 1. The summed E-state index contributed by atoms with van der Waals surface area (Å²) < 4.78 is 0. The molecule has 1 atom stereocenters. The molecule has 1 fully saturated rings. The van der Waals surface area contributed by atoms with Crippen molar-refractivity contribution in [2.24, 2.45) is 0 Å². The van der Waals surface area contributed by atoms with Crippen molar-refractivity contribution in [2.45, 2.75) is 32.2 Å². The second kappa shape index (κ2) is 4.88. The van der Waals surface area contributed by atoms with Crippen molar-refractivity contribution >= 4 is 5.69 Å². The van der Waals surface area contributed by atoms with Crippen LogP contribution >= 0.6 is 0 Å². The van der Waals surface area contributed by atoms with Crippen LogP contribution in [-0.4, -0.2) is 26.7 Å². The number of hydrogen-bond donors (Lipinski definition) is 1. The molecule has 2 rings (SSSR count). The van der Waals surface area contributed by atoms with Crippen molar-refractivity contribution in [3.63, 3.8) is 0 Å². The standard InChI is InChI=1S/C14H22N2/c1-11-6-7-14(16(2)3)12(9-11)10-13-5-4-8-15-13/h6-7,9,13,15H,4-5,8,10H2,1-3H3. The van der Waals surface area contributed by atoms with Gasteiger partial charge in [0.05, 0.1) is 0 Å². The molecule has 16 heavy (non-hydrogen) atoms. The third-order valence-corrected chi connectivity index (χ3v) is 3.35. The zero-order chi connectivity index (χ0) is 11.5. The molecule has 1 aliphatic rings. The molecule has 1 saturated heterocycles. The van der Waals surface area contributed by atoms with Crippen molar-refractivity contribution in [1.29, 1.82) is 0 Å². The minimum absolute atomic E-state index is 0.681. The molecule has 0 bridgehead atoms. The monoisotopic (exact) mass is 218 g/mol. The van der Waals surface area contributed by atoms with E-state index in [-0.39, 0.29) is 0 Å². The van der Waals surface area contributed by atoms with E-state index in [4.69, 9.17) is 0 Å². The first-order valence-electron chi connectivity index (χ1n) is 6.17. The van der Waals surface area contributed by atoms with E-state index in [1.165, 1.54) is 36.2 Å². The summed E-state index contributed by atoms with van der Waals surface area (Å²) in [5, 5.41) is 3.57. The molecule has 1 heterocycles. The predicted octanol–water partition coefficient (Wildman–Crippen LogP) is 2.36. The van der Waals surface area contributed by atoms with E-state index in [9.17, 15) is 0 Å². The van der Waals surface area contributed by atoms with E-state index >= 15 is 0 Å². The first-order valence-corrected chi connectivity index (χ1v) is 6.17. The zero-order valence-electron chi connectivity index (χ0n) is 10.6. The third-order valence-electron chi connectivity index (χ3n) is 3.35. The van der Waals surface area contributed by atoms with E-state index in [1.807, 2.05) is 0 Å². The maximum atomic E-state index is 3.57. The molecule has 0 aromatic heterocycles. The highest BCUT2D eigenvalue weighted by Gasteiger charge is 2.16. The number of aryl methyl sites for hydroxylation is 1. The van der Waals surface area contributed by atoms with Crippen LogP contribution in [0.25, 0.3) is 0 Å². The van der Waals surface area contributed by atoms with Gasteiger partial charge in [-0.25, -0.2) is 0 Å². The van der Waals surface area contributed by atoms with Crippen LogP contribution in [0.1, 0.15) is 24.0 Å². The van der Waals surface area contributed by atoms with Gasteiger partial charge in [-0.3, -0.25) is 0 Å². The van der Waals surface area contributed by atoms with E-state index < -0.39 is 0 Å². The molecule has 1 aromatic carbocycles. The maximum Gasteiger partial charge on any atom is 0.0394 e. The molecular formula is C14H22N2. The highest BCUT2D eigenvalue weighted by Crippen LogP contribution is 2.23. The third kappa shape index (κ3) is 2.56. The average molecular weight is 218 g/mol. The van der Waals surface area contributed by atoms with Gasteiger partial charge in [0.15, 0.2) is 0 Å². The molecule has 2 heteroatoms. The van der Waals surface area contributed by atoms with E-state index in [2.05, 4.69) is 49.4 Å². The Labute approximate surface area is 98.7 Å². The molecule has 0 saturated carbocycles. The summed E-state index contributed by atoms with van der Waals surface area (Å²) >= 11 is 0. The lowest BCUT2D eigenvalue weighted by Crippen LogP contribution is -2.24. The van der Waals surface area contributed by atoms with Gasteiger partial charge in [-0.1, -0.05) is 17.7 Å². The van der Waals surface area contributed by atoms with E-state index in [1.54, 1.807) is 0 Å². The zero-order valence-corrected chi connectivity index (χ0v) is 10.6. The highest BCUT2D eigenvalue weighted by molar-refractivity contribution is 5.54. The topological polar surface area (TPSA) is 15.3 Å². The summed E-state index contributed by atoms with van der Waals surface area (Å²) in [4.78, 5) is 2.21. The van der Waals surface area contributed by atoms with Crippen LogP contribution in [0, 0.1) is 6.92 Å². The van der Waals surface area contributed by atoms with Crippen LogP contribution in [0.2, 0.25) is 0 Å². The Morgan fingerprint density at radius 2 is 2.19 bits per heavy atom. The normalized spacial score (nSPS) is 20.1. The molecule has 0 radical (unpaired) electrons. The minimum Gasteiger partial charge on any atom is -0.377 e. The summed E-state index contributed by atoms with van der Waals surface area (Å²) in [5.41, 5.74) is 4.20. The first kappa shape index (κ1) is 11.5. The van der Waals surface area contributed by atoms with Gasteiger partial charge in [0.25, 0.3) is 0 Å². The largest absolute Gasteiger partial charge is 0.377 e. The first-order chi connectivity index (χ1) is 7.66. The van der Waals surface area contributed by atoms with Crippen molar-refractivity contribution < 1.29 is 0 Å². The van der Waals surface area contributed by atoms with Gasteiger partial charge in [0.2, 0.25) is 0 Å². The number of hydrogen-bond acceptors (Lipinski definition) is 2. The molecule has 0 spiro atoms. The van der Waals surface area contributed by atoms with Crippen LogP contribution in [0.4, 0.5) is 5.69 Å². The Morgan fingerprint density at radius 1 is 1.38 bits per heavy atom. The lowest BCUT2D eigenvalue weighted by atomic mass is 10.0. The second-order valence-electron chi connectivity index (χ2n) is 5.02. The summed E-state index contributed by atoms with van der Waals surface area (Å²) in [7, 11) is 4.24. The van der Waals surface area contributed by atoms with Crippen molar-refractivity contribution in [2.75, 3.05) is 25.5 Å². The molecule has 0 aliphatic carbocycles. The Kier molecular flexibility index (Phi) is 3.49. The second-order valence-corrected chi connectivity index (χ2v) is 5.02. The van der Waals surface area contributed by atoms with Crippen LogP contribution < -0.4 is 10.2 Å². The average Bonchev–Trinajstić information content (AvgIpc) is 2.70. The van der Waals surface area contributed by atoms with Gasteiger partial charge in [0.1, 0.15) is 0 Å². The van der Waals surface area contributed by atoms with Crippen LogP contribution in [-0.2, 0) is 6.42 Å². The molecule has 1 aliphatic heterocycles. The van der Waals surface area contributed by atoms with Gasteiger partial charge < -0.3 is 10.2 Å². The smallest absolute Gasteiger partial charge is 0.0394 e. The highest BCUT2D eigenvalue weighted by atomic mass is 15.1. The van der Waals surface area contributed by atoms with Crippen LogP contribution in [0.5, 0.6) is 0 Å². The number of anilines is 1. The Bertz CT molecular complexity index is 352. The molecular weight excluding hydrogens is 196 g/mol. The minimum atomic E-state index is 0.681. The number of rotatable bonds is 3. The summed E-state index contributed by atoms with van der Waals surface area (Å²) in [5.74, 6) is 0. The van der Waals surface area contributed by atoms with Gasteiger partial charge in [-0.2, -0.15) is 0 Å². The number of nitrogens with one attached hydrogen (secondary N) is 1. The van der Waals surface area contributed by atoms with E-state index in [0.717, 1.165) is 6.42 Å². The Hall–Kier alpha value is -1.02. The molecule has 1 unspecified atom stereocenters. The fourth-order valence-electron chi connectivity index (χ4n) is 2.51. The summed E-state index contributed by atoms with van der Waals surface area (Å²) in [6, 6.07) is 7.44. The van der Waals surface area contributed by atoms with Crippen molar-refractivity contribution in [3.05, 3.63) is 29.3 Å². The van der Waals surface area contributed by atoms with Crippen LogP contribution in [0.3, 0.4) is 0 Å². The fraction of sp³-hybridized carbons (Fsp3) is 0.571. The Balaban J connectivity index is 2.19. The summed E-state index contributed by atoms with van der Waals surface area (Å²) in [6.07, 6.45) is 3.81. The maximum absolute atomic E-state index is 3.57. The molecule has 88 valence electrons. The Morgan fingerprint density at radius 3 is 2.81 bits per heavy atom. The van der Waals surface area contributed by atoms with Crippen molar-refractivity contribution in [1.82, 2.24) is 5.32 Å². The lowest BCUT2D eigenvalue weighted by Gasteiger charge is -2.20. The SMILES string of the molecule is Cc1ccc(N(C)C)c(CC2CCCN2)c1. The van der Waals surface area contributed by atoms with E-state index in [0.29, 0.717) is 6.04 Å². The molecule has 1 aromatic rings. The summed E-state index contributed by atoms with van der Waals surface area (Å²) in [6.45, 7) is 3.36. The number of nitrogens with zero attached hydrogens (tertiary/aromatic N) is 1. The lowest BCUT2D eigenvalue weighted by molar-refractivity contribution is 0.603. The van der Waals surface area contributed by atoms with Gasteiger partial charge in [-0.05, 0) is 44.4 Å². The fourth-order valence-corrected chi connectivity index (χ4v) is 2.51. The van der Waals surface area contributed by atoms with Gasteiger partial charge in [0, 0.05) is 25.8 Å². The van der Waals surface area contributed by atoms with Crippen LogP contribution in [0.15, 0.2) is 18.2 Å². The molecule has 2 nitrogen and oxygen atoms in total. The van der Waals surface area contributed by atoms with Gasteiger partial charge in [-0.15, -0.1) is 0 Å². The predicted molar refractivity (Wildman–Crippen MR) is 70.2 cm³/mol. The molecule has 1 N–H and O–H groups in total.